The van der Waals surface area contributed by atoms with Crippen LogP contribution in [-0.4, -0.2) is 55.1 Å². The van der Waals surface area contributed by atoms with E-state index in [-0.39, 0.29) is 5.78 Å². The Kier molecular flexibility index (Phi) is 5.98. The van der Waals surface area contributed by atoms with Crippen LogP contribution in [0.3, 0.4) is 0 Å². The van der Waals surface area contributed by atoms with Crippen LogP contribution in [0.15, 0.2) is 18.2 Å². The van der Waals surface area contributed by atoms with Gasteiger partial charge in [-0.2, -0.15) is 0 Å². The normalized spacial score (nSPS) is 18.4. The molecule has 0 aliphatic carbocycles. The van der Waals surface area contributed by atoms with Gasteiger partial charge in [-0.1, -0.05) is 6.42 Å². The lowest BCUT2D eigenvalue weighted by molar-refractivity contribution is -0.144. The van der Waals surface area contributed by atoms with Crippen molar-refractivity contribution in [2.24, 2.45) is 0 Å². The van der Waals surface area contributed by atoms with Crippen molar-refractivity contribution in [3.05, 3.63) is 23.8 Å². The van der Waals surface area contributed by atoms with E-state index >= 15 is 0 Å². The molecule has 1 unspecified atom stereocenters. The topological polar surface area (TPSA) is 76.1 Å². The minimum atomic E-state index is -0.803. The molecule has 6 nitrogen and oxygen atoms in total. The third-order valence-corrected chi connectivity index (χ3v) is 4.23. The predicted molar refractivity (Wildman–Crippen MR) is 85.3 cm³/mol. The van der Waals surface area contributed by atoms with Crippen molar-refractivity contribution in [2.75, 3.05) is 27.3 Å². The van der Waals surface area contributed by atoms with E-state index in [1.807, 2.05) is 4.90 Å². The predicted octanol–water partition coefficient (Wildman–Crippen LogP) is 2.22. The van der Waals surface area contributed by atoms with Crippen LogP contribution in [-0.2, 0) is 4.79 Å². The maximum atomic E-state index is 12.4. The van der Waals surface area contributed by atoms with E-state index in [4.69, 9.17) is 9.47 Å². The van der Waals surface area contributed by atoms with E-state index in [1.165, 1.54) is 7.11 Å². The molecule has 1 heterocycles. The van der Waals surface area contributed by atoms with Gasteiger partial charge in [0.25, 0.3) is 0 Å². The summed E-state index contributed by atoms with van der Waals surface area (Å²) in [5.41, 5.74) is 0.548. The molecule has 1 fully saturated rings. The highest BCUT2D eigenvalue weighted by Crippen LogP contribution is 2.28. The summed E-state index contributed by atoms with van der Waals surface area (Å²) >= 11 is 0. The number of aliphatic carboxylic acids is 1. The maximum absolute atomic E-state index is 12.4. The number of carboxylic acids is 1. The number of carbonyl (C=O) groups excluding carboxylic acids is 1. The molecule has 126 valence electrons. The summed E-state index contributed by atoms with van der Waals surface area (Å²) in [5.74, 6) is 0.259. The van der Waals surface area contributed by atoms with Crippen LogP contribution in [0.5, 0.6) is 11.5 Å². The monoisotopic (exact) mass is 321 g/mol. The van der Waals surface area contributed by atoms with Crippen molar-refractivity contribution in [1.82, 2.24) is 4.90 Å². The molecule has 1 aromatic carbocycles. The Hall–Kier alpha value is -2.08. The number of hydrogen-bond acceptors (Lipinski definition) is 5. The van der Waals surface area contributed by atoms with Crippen molar-refractivity contribution in [3.8, 4) is 11.5 Å². The Morgan fingerprint density at radius 3 is 2.61 bits per heavy atom. The first-order chi connectivity index (χ1) is 11.1. The highest BCUT2D eigenvalue weighted by Gasteiger charge is 2.28. The van der Waals surface area contributed by atoms with Crippen LogP contribution in [0, 0.1) is 0 Å². The second kappa shape index (κ2) is 7.97. The summed E-state index contributed by atoms with van der Waals surface area (Å²) < 4.78 is 10.4. The first-order valence-corrected chi connectivity index (χ1v) is 7.79. The lowest BCUT2D eigenvalue weighted by Crippen LogP contribution is -2.45. The van der Waals surface area contributed by atoms with E-state index in [1.54, 1.807) is 25.3 Å². The molecule has 0 spiro atoms. The fourth-order valence-electron chi connectivity index (χ4n) is 2.94. The van der Waals surface area contributed by atoms with Crippen molar-refractivity contribution in [1.29, 1.82) is 0 Å². The van der Waals surface area contributed by atoms with Crippen molar-refractivity contribution in [2.45, 2.75) is 31.7 Å². The zero-order valence-corrected chi connectivity index (χ0v) is 13.6. The van der Waals surface area contributed by atoms with E-state index in [9.17, 15) is 14.7 Å². The number of piperidine rings is 1. The molecule has 1 aliphatic heterocycles. The molecule has 0 bridgehead atoms. The SMILES string of the molecule is COc1ccc(C(=O)CCN2CCCCC2C(=O)O)cc1OC. The van der Waals surface area contributed by atoms with Gasteiger partial charge >= 0.3 is 5.97 Å². The quantitative estimate of drug-likeness (QED) is 0.776. The molecule has 1 aromatic rings. The summed E-state index contributed by atoms with van der Waals surface area (Å²) in [6.07, 6.45) is 2.85. The number of carboxylic acid groups (broad SMARTS) is 1. The van der Waals surface area contributed by atoms with Crippen LogP contribution in [0.25, 0.3) is 0 Å². The van der Waals surface area contributed by atoms with Gasteiger partial charge in [0.1, 0.15) is 6.04 Å². The van der Waals surface area contributed by atoms with Gasteiger partial charge < -0.3 is 14.6 Å². The van der Waals surface area contributed by atoms with E-state index in [0.29, 0.717) is 36.4 Å². The van der Waals surface area contributed by atoms with Gasteiger partial charge in [0, 0.05) is 18.5 Å². The lowest BCUT2D eigenvalue weighted by Gasteiger charge is -2.32. The average Bonchev–Trinajstić information content (AvgIpc) is 2.59. The lowest BCUT2D eigenvalue weighted by atomic mass is 10.0. The largest absolute Gasteiger partial charge is 0.493 e. The molecule has 1 aliphatic rings. The smallest absolute Gasteiger partial charge is 0.320 e. The summed E-state index contributed by atoms with van der Waals surface area (Å²) in [4.78, 5) is 25.5. The molecule has 6 heteroatoms. The summed E-state index contributed by atoms with van der Waals surface area (Å²) in [7, 11) is 3.07. The second-order valence-electron chi connectivity index (χ2n) is 5.63. The van der Waals surface area contributed by atoms with Crippen LogP contribution in [0.2, 0.25) is 0 Å². The van der Waals surface area contributed by atoms with Crippen molar-refractivity contribution in [3.63, 3.8) is 0 Å². The zero-order chi connectivity index (χ0) is 16.8. The Morgan fingerprint density at radius 1 is 1.22 bits per heavy atom. The molecule has 2 rings (SSSR count). The molecule has 1 N–H and O–H groups in total. The Balaban J connectivity index is 2.00. The van der Waals surface area contributed by atoms with Gasteiger partial charge in [-0.15, -0.1) is 0 Å². The highest BCUT2D eigenvalue weighted by atomic mass is 16.5. The van der Waals surface area contributed by atoms with E-state index in [0.717, 1.165) is 19.4 Å². The van der Waals surface area contributed by atoms with E-state index < -0.39 is 12.0 Å². The van der Waals surface area contributed by atoms with Gasteiger partial charge in [0.05, 0.1) is 14.2 Å². The summed E-state index contributed by atoms with van der Waals surface area (Å²) in [6.45, 7) is 1.19. The van der Waals surface area contributed by atoms with Crippen LogP contribution in [0.1, 0.15) is 36.0 Å². The van der Waals surface area contributed by atoms with Gasteiger partial charge in [-0.05, 0) is 37.6 Å². The molecule has 1 saturated heterocycles. The van der Waals surface area contributed by atoms with E-state index in [2.05, 4.69) is 0 Å². The third-order valence-electron chi connectivity index (χ3n) is 4.23. The number of Topliss-reactive ketones (excluding diaryl/α,β-unsaturated/α-hetero) is 1. The zero-order valence-electron chi connectivity index (χ0n) is 13.6. The number of benzene rings is 1. The number of rotatable bonds is 7. The number of hydrogen-bond donors (Lipinski definition) is 1. The van der Waals surface area contributed by atoms with Crippen LogP contribution >= 0.6 is 0 Å². The Bertz CT molecular complexity index is 572. The third kappa shape index (κ3) is 4.22. The minimum Gasteiger partial charge on any atom is -0.493 e. The van der Waals surface area contributed by atoms with Gasteiger partial charge in [-0.3, -0.25) is 14.5 Å². The minimum absolute atomic E-state index is 0.0272. The molecule has 23 heavy (non-hydrogen) atoms. The highest BCUT2D eigenvalue weighted by molar-refractivity contribution is 5.96. The number of ether oxygens (including phenoxy) is 2. The number of ketones is 1. The van der Waals surface area contributed by atoms with Crippen LogP contribution < -0.4 is 9.47 Å². The summed E-state index contributed by atoms with van der Waals surface area (Å²) in [5, 5.41) is 9.26. The first-order valence-electron chi connectivity index (χ1n) is 7.79. The molecule has 0 amide bonds. The fraction of sp³-hybridized carbons (Fsp3) is 0.529. The van der Waals surface area contributed by atoms with Gasteiger partial charge in [-0.25, -0.2) is 0 Å². The molecule has 0 aromatic heterocycles. The molecular formula is C17H23NO5. The number of carbonyl (C=O) groups is 2. The number of likely N-dealkylation sites (tertiary alicyclic amines) is 1. The molecule has 0 radical (unpaired) electrons. The summed E-state index contributed by atoms with van der Waals surface area (Å²) in [6, 6.07) is 4.59. The van der Waals surface area contributed by atoms with Gasteiger partial charge in [0.2, 0.25) is 0 Å². The van der Waals surface area contributed by atoms with Crippen molar-refractivity contribution < 1.29 is 24.2 Å². The first kappa shape index (κ1) is 17.3. The fourth-order valence-corrected chi connectivity index (χ4v) is 2.94. The number of methoxy groups -OCH3 is 2. The maximum Gasteiger partial charge on any atom is 0.320 e. The Morgan fingerprint density at radius 2 is 1.96 bits per heavy atom. The van der Waals surface area contributed by atoms with Gasteiger partial charge in [0.15, 0.2) is 17.3 Å². The van der Waals surface area contributed by atoms with Crippen molar-refractivity contribution >= 4 is 11.8 Å². The Labute approximate surface area is 136 Å². The van der Waals surface area contributed by atoms with Crippen LogP contribution in [0.4, 0.5) is 0 Å². The average molecular weight is 321 g/mol. The standard InChI is InChI=1S/C17H23NO5/c1-22-15-7-6-12(11-16(15)23-2)14(19)8-10-18-9-4-3-5-13(18)17(20)21/h6-7,11,13H,3-5,8-10H2,1-2H3,(H,20,21). The number of nitrogens with zero attached hydrogens (tertiary/aromatic N) is 1. The molecule has 0 saturated carbocycles. The second-order valence-corrected chi connectivity index (χ2v) is 5.63. The molecule has 1 atom stereocenters. The molecular weight excluding hydrogens is 298 g/mol.